The molecule has 100 valence electrons. The third kappa shape index (κ3) is 3.32. The standard InChI is InChI=1S/C14H17N3OS/c1-3-9-17-13(15-16-14(17)19)10-11-5-7-12(8-6-11)18-4-2/h3,5-8H,1,4,9-10H2,2H3,(H,16,19). The molecule has 1 aromatic carbocycles. The Hall–Kier alpha value is -1.88. The third-order valence-electron chi connectivity index (χ3n) is 2.75. The van der Waals surface area contributed by atoms with Crippen molar-refractivity contribution >= 4 is 12.2 Å². The Morgan fingerprint density at radius 2 is 2.16 bits per heavy atom. The highest BCUT2D eigenvalue weighted by atomic mass is 32.1. The Bertz CT molecular complexity index is 598. The van der Waals surface area contributed by atoms with E-state index in [9.17, 15) is 0 Å². The zero-order chi connectivity index (χ0) is 13.7. The van der Waals surface area contributed by atoms with Crippen LogP contribution in [0.4, 0.5) is 0 Å². The third-order valence-corrected chi connectivity index (χ3v) is 3.06. The van der Waals surface area contributed by atoms with Crippen LogP contribution in [0.15, 0.2) is 36.9 Å². The number of aromatic amines is 1. The SMILES string of the molecule is C=CCn1c(Cc2ccc(OCC)cc2)n[nH]c1=S. The fraction of sp³-hybridized carbons (Fsp3) is 0.286. The molecule has 0 spiro atoms. The monoisotopic (exact) mass is 275 g/mol. The van der Waals surface area contributed by atoms with E-state index in [4.69, 9.17) is 17.0 Å². The molecule has 0 unspecified atom stereocenters. The summed E-state index contributed by atoms with van der Waals surface area (Å²) in [6.07, 6.45) is 2.54. The molecule has 0 aliphatic heterocycles. The Labute approximate surface area is 117 Å². The van der Waals surface area contributed by atoms with E-state index in [2.05, 4.69) is 16.8 Å². The lowest BCUT2D eigenvalue weighted by Gasteiger charge is -2.06. The number of hydrogen-bond donors (Lipinski definition) is 1. The highest BCUT2D eigenvalue weighted by Gasteiger charge is 2.06. The van der Waals surface area contributed by atoms with Gasteiger partial charge in [-0.3, -0.25) is 9.67 Å². The van der Waals surface area contributed by atoms with E-state index in [1.54, 1.807) is 0 Å². The molecule has 0 saturated carbocycles. The highest BCUT2D eigenvalue weighted by molar-refractivity contribution is 7.71. The predicted octanol–water partition coefficient (Wildman–Crippen LogP) is 3.12. The number of nitrogens with one attached hydrogen (secondary N) is 1. The first kappa shape index (κ1) is 13.5. The van der Waals surface area contributed by atoms with Gasteiger partial charge in [-0.15, -0.1) is 6.58 Å². The number of rotatable bonds is 6. The van der Waals surface area contributed by atoms with Crippen molar-refractivity contribution in [2.45, 2.75) is 19.9 Å². The summed E-state index contributed by atoms with van der Waals surface area (Å²) in [5.41, 5.74) is 1.17. The van der Waals surface area contributed by atoms with E-state index in [0.29, 0.717) is 17.9 Å². The number of allylic oxidation sites excluding steroid dienone is 1. The van der Waals surface area contributed by atoms with Gasteiger partial charge in [-0.2, -0.15) is 5.10 Å². The Morgan fingerprint density at radius 1 is 1.42 bits per heavy atom. The van der Waals surface area contributed by atoms with Gasteiger partial charge in [0.2, 0.25) is 0 Å². The molecule has 0 amide bonds. The number of hydrogen-bond acceptors (Lipinski definition) is 3. The van der Waals surface area contributed by atoms with E-state index in [-0.39, 0.29) is 0 Å². The first-order chi connectivity index (χ1) is 9.24. The van der Waals surface area contributed by atoms with Crippen molar-refractivity contribution in [3.05, 3.63) is 53.1 Å². The molecule has 0 atom stereocenters. The molecule has 2 aromatic rings. The van der Waals surface area contributed by atoms with E-state index in [1.165, 1.54) is 5.56 Å². The van der Waals surface area contributed by atoms with E-state index in [0.717, 1.165) is 18.0 Å². The first-order valence-corrected chi connectivity index (χ1v) is 6.62. The Balaban J connectivity index is 2.16. The molecule has 1 aromatic heterocycles. The average molecular weight is 275 g/mol. The lowest BCUT2D eigenvalue weighted by atomic mass is 10.1. The summed E-state index contributed by atoms with van der Waals surface area (Å²) in [5, 5.41) is 7.07. The summed E-state index contributed by atoms with van der Waals surface area (Å²) >= 11 is 5.19. The van der Waals surface area contributed by atoms with Gasteiger partial charge in [0, 0.05) is 13.0 Å². The average Bonchev–Trinajstić information content (AvgIpc) is 2.75. The van der Waals surface area contributed by atoms with Crippen LogP contribution in [0.3, 0.4) is 0 Å². The molecule has 0 aliphatic carbocycles. The number of benzene rings is 1. The molecule has 0 radical (unpaired) electrons. The molecule has 0 saturated heterocycles. The lowest BCUT2D eigenvalue weighted by Crippen LogP contribution is -2.03. The molecule has 1 N–H and O–H groups in total. The number of nitrogens with zero attached hydrogens (tertiary/aromatic N) is 2. The Kier molecular flexibility index (Phi) is 4.52. The second-order valence-electron chi connectivity index (χ2n) is 4.10. The van der Waals surface area contributed by atoms with Crippen LogP contribution in [0.1, 0.15) is 18.3 Å². The fourth-order valence-electron chi connectivity index (χ4n) is 1.86. The summed E-state index contributed by atoms with van der Waals surface area (Å²) in [4.78, 5) is 0. The van der Waals surface area contributed by atoms with Crippen LogP contribution in [0.2, 0.25) is 0 Å². The summed E-state index contributed by atoms with van der Waals surface area (Å²) in [6, 6.07) is 8.03. The molecule has 19 heavy (non-hydrogen) atoms. The molecule has 1 heterocycles. The predicted molar refractivity (Wildman–Crippen MR) is 78.0 cm³/mol. The smallest absolute Gasteiger partial charge is 0.195 e. The first-order valence-electron chi connectivity index (χ1n) is 6.21. The topological polar surface area (TPSA) is 42.8 Å². The number of H-pyrrole nitrogens is 1. The van der Waals surface area contributed by atoms with Gasteiger partial charge < -0.3 is 4.74 Å². The molecule has 0 fully saturated rings. The van der Waals surface area contributed by atoms with Gasteiger partial charge in [0.05, 0.1) is 6.61 Å². The minimum atomic E-state index is 0.626. The molecule has 2 rings (SSSR count). The van der Waals surface area contributed by atoms with Gasteiger partial charge in [0.25, 0.3) is 0 Å². The highest BCUT2D eigenvalue weighted by Crippen LogP contribution is 2.14. The van der Waals surface area contributed by atoms with E-state index < -0.39 is 0 Å². The van der Waals surface area contributed by atoms with E-state index in [1.807, 2.05) is 41.8 Å². The maximum atomic E-state index is 5.42. The van der Waals surface area contributed by atoms with Crippen LogP contribution in [-0.4, -0.2) is 21.4 Å². The van der Waals surface area contributed by atoms with Crippen LogP contribution >= 0.6 is 12.2 Å². The van der Waals surface area contributed by atoms with Crippen molar-refractivity contribution in [1.82, 2.24) is 14.8 Å². The van der Waals surface area contributed by atoms with Gasteiger partial charge >= 0.3 is 0 Å². The van der Waals surface area contributed by atoms with Crippen molar-refractivity contribution in [3.63, 3.8) is 0 Å². The number of aromatic nitrogens is 3. The summed E-state index contributed by atoms with van der Waals surface area (Å²) in [7, 11) is 0. The second kappa shape index (κ2) is 6.33. The van der Waals surface area contributed by atoms with Crippen LogP contribution < -0.4 is 4.74 Å². The maximum Gasteiger partial charge on any atom is 0.195 e. The van der Waals surface area contributed by atoms with Crippen molar-refractivity contribution in [1.29, 1.82) is 0 Å². The van der Waals surface area contributed by atoms with Crippen molar-refractivity contribution in [2.24, 2.45) is 0 Å². The Morgan fingerprint density at radius 3 is 2.79 bits per heavy atom. The summed E-state index contributed by atoms with van der Waals surface area (Å²) in [5.74, 6) is 1.80. The van der Waals surface area contributed by atoms with E-state index >= 15 is 0 Å². The fourth-order valence-corrected chi connectivity index (χ4v) is 2.08. The van der Waals surface area contributed by atoms with Crippen LogP contribution in [0, 0.1) is 4.77 Å². The zero-order valence-electron chi connectivity index (χ0n) is 10.9. The molecular weight excluding hydrogens is 258 g/mol. The van der Waals surface area contributed by atoms with Crippen LogP contribution in [-0.2, 0) is 13.0 Å². The van der Waals surface area contributed by atoms with Crippen molar-refractivity contribution in [3.8, 4) is 5.75 Å². The molecule has 4 nitrogen and oxygen atoms in total. The zero-order valence-corrected chi connectivity index (χ0v) is 11.7. The quantitative estimate of drug-likeness (QED) is 0.650. The lowest BCUT2D eigenvalue weighted by molar-refractivity contribution is 0.340. The molecular formula is C14H17N3OS. The maximum absolute atomic E-state index is 5.42. The van der Waals surface area contributed by atoms with Gasteiger partial charge in [-0.1, -0.05) is 18.2 Å². The van der Waals surface area contributed by atoms with Gasteiger partial charge in [-0.25, -0.2) is 0 Å². The van der Waals surface area contributed by atoms with Gasteiger partial charge in [-0.05, 0) is 36.8 Å². The molecule has 5 heteroatoms. The largest absolute Gasteiger partial charge is 0.494 e. The van der Waals surface area contributed by atoms with Gasteiger partial charge in [0.1, 0.15) is 11.6 Å². The van der Waals surface area contributed by atoms with Crippen LogP contribution in [0.25, 0.3) is 0 Å². The summed E-state index contributed by atoms with van der Waals surface area (Å²) in [6.45, 7) is 7.05. The van der Waals surface area contributed by atoms with Crippen molar-refractivity contribution < 1.29 is 4.74 Å². The second-order valence-corrected chi connectivity index (χ2v) is 4.48. The molecule has 0 aliphatic rings. The van der Waals surface area contributed by atoms with Crippen molar-refractivity contribution in [2.75, 3.05) is 6.61 Å². The minimum absolute atomic E-state index is 0.626. The normalized spacial score (nSPS) is 10.4. The van der Waals surface area contributed by atoms with Crippen LogP contribution in [0.5, 0.6) is 5.75 Å². The molecule has 0 bridgehead atoms. The summed E-state index contributed by atoms with van der Waals surface area (Å²) < 4.78 is 7.99. The minimum Gasteiger partial charge on any atom is -0.494 e. The van der Waals surface area contributed by atoms with Gasteiger partial charge in [0.15, 0.2) is 4.77 Å². The number of ether oxygens (including phenoxy) is 1.